The number of hydrogen-bond acceptors (Lipinski definition) is 5. The van der Waals surface area contributed by atoms with Crippen LogP contribution in [0.2, 0.25) is 0 Å². The minimum absolute atomic E-state index is 0.00375. The Morgan fingerprint density at radius 3 is 1.53 bits per heavy atom. The monoisotopic (exact) mass is 269 g/mol. The average molecular weight is 269 g/mol. The molecule has 0 bridgehead atoms. The van der Waals surface area contributed by atoms with Gasteiger partial charge in [-0.25, -0.2) is 23.5 Å². The Morgan fingerprint density at radius 2 is 1.16 bits per heavy atom. The van der Waals surface area contributed by atoms with Crippen molar-refractivity contribution in [2.24, 2.45) is 0 Å². The van der Waals surface area contributed by atoms with Gasteiger partial charge in [-0.15, -0.1) is 0 Å². The van der Waals surface area contributed by atoms with E-state index in [4.69, 9.17) is 14.2 Å². The Labute approximate surface area is 108 Å². The highest BCUT2D eigenvalue weighted by Gasteiger charge is 2.32. The average Bonchev–Trinajstić information content (AvgIpc) is 3.26. The van der Waals surface area contributed by atoms with Gasteiger partial charge in [0.05, 0.1) is 45.6 Å². The van der Waals surface area contributed by atoms with Crippen molar-refractivity contribution in [3.8, 4) is 0 Å². The molecule has 19 heavy (non-hydrogen) atoms. The third-order valence-corrected chi connectivity index (χ3v) is 3.54. The van der Waals surface area contributed by atoms with Crippen LogP contribution in [0.1, 0.15) is 0 Å². The second kappa shape index (κ2) is 4.06. The molecule has 3 atom stereocenters. The van der Waals surface area contributed by atoms with Crippen molar-refractivity contribution in [2.45, 2.75) is 37.9 Å². The van der Waals surface area contributed by atoms with Gasteiger partial charge in [0, 0.05) is 0 Å². The van der Waals surface area contributed by atoms with E-state index in [1.54, 1.807) is 0 Å². The Hall–Kier alpha value is -1.38. The number of rotatable bonds is 6. The molecule has 1 aromatic rings. The van der Waals surface area contributed by atoms with Crippen molar-refractivity contribution < 1.29 is 14.2 Å². The Bertz CT molecular complexity index is 557. The predicted molar refractivity (Wildman–Crippen MR) is 62.2 cm³/mol. The topological polar surface area (TPSA) is 86.5 Å². The van der Waals surface area contributed by atoms with E-state index in [1.165, 1.54) is 13.9 Å². The molecule has 3 saturated heterocycles. The van der Waals surface area contributed by atoms with Gasteiger partial charge in [0.2, 0.25) is 0 Å². The number of ether oxygens (including phenoxy) is 3. The second-order valence-corrected chi connectivity index (χ2v) is 5.21. The van der Waals surface area contributed by atoms with Gasteiger partial charge < -0.3 is 14.2 Å². The van der Waals surface area contributed by atoms with Gasteiger partial charge in [0.1, 0.15) is 12.2 Å². The lowest BCUT2D eigenvalue weighted by Gasteiger charge is -2.05. The minimum Gasteiger partial charge on any atom is -0.371 e. The van der Waals surface area contributed by atoms with Gasteiger partial charge in [-0.2, -0.15) is 0 Å². The van der Waals surface area contributed by atoms with Gasteiger partial charge in [0.25, 0.3) is 0 Å². The molecule has 0 saturated carbocycles. The summed E-state index contributed by atoms with van der Waals surface area (Å²) in [5.74, 6) is 0. The third kappa shape index (κ3) is 2.26. The molecule has 0 radical (unpaired) electrons. The van der Waals surface area contributed by atoms with Crippen molar-refractivity contribution >= 4 is 0 Å². The molecule has 0 unspecified atom stereocenters. The molecule has 0 aliphatic carbocycles. The molecule has 3 fully saturated rings. The van der Waals surface area contributed by atoms with Gasteiger partial charge in [0.15, 0.2) is 0 Å². The number of aromatic nitrogens is 3. The van der Waals surface area contributed by atoms with E-state index < -0.39 is 0 Å². The summed E-state index contributed by atoms with van der Waals surface area (Å²) >= 11 is 0. The Morgan fingerprint density at radius 1 is 0.789 bits per heavy atom. The maximum absolute atomic E-state index is 12.3. The molecule has 104 valence electrons. The van der Waals surface area contributed by atoms with Crippen molar-refractivity contribution in [3.05, 3.63) is 21.0 Å². The second-order valence-electron chi connectivity index (χ2n) is 5.21. The molecule has 0 aromatic carbocycles. The Kier molecular flexibility index (Phi) is 2.44. The van der Waals surface area contributed by atoms with Gasteiger partial charge in [-0.3, -0.25) is 0 Å². The highest BCUT2D eigenvalue weighted by atomic mass is 16.6. The van der Waals surface area contributed by atoms with E-state index in [2.05, 4.69) is 0 Å². The smallest absolute Gasteiger partial charge is 0.347 e. The molecule has 8 nitrogen and oxygen atoms in total. The summed E-state index contributed by atoms with van der Waals surface area (Å²) in [6.07, 6.45) is 0.108. The molecule has 4 heterocycles. The van der Waals surface area contributed by atoms with Crippen LogP contribution in [0.4, 0.5) is 0 Å². The number of hydrogen-bond donors (Lipinski definition) is 0. The Balaban J connectivity index is 1.70. The first kappa shape index (κ1) is 11.4. The third-order valence-electron chi connectivity index (χ3n) is 3.54. The van der Waals surface area contributed by atoms with Crippen LogP contribution in [-0.4, -0.2) is 52.1 Å². The summed E-state index contributed by atoms with van der Waals surface area (Å²) < 4.78 is 19.6. The molecule has 4 rings (SSSR count). The molecular formula is C11H15N3O5. The van der Waals surface area contributed by atoms with Crippen molar-refractivity contribution in [1.29, 1.82) is 0 Å². The zero-order chi connectivity index (χ0) is 13.0. The summed E-state index contributed by atoms with van der Waals surface area (Å²) in [6, 6.07) is 0. The van der Waals surface area contributed by atoms with Gasteiger partial charge in [-0.1, -0.05) is 0 Å². The zero-order valence-electron chi connectivity index (χ0n) is 10.4. The molecule has 0 N–H and O–H groups in total. The van der Waals surface area contributed by atoms with Crippen LogP contribution in [0.25, 0.3) is 0 Å². The normalized spacial score (nSPS) is 31.5. The van der Waals surface area contributed by atoms with Crippen LogP contribution in [0.15, 0.2) is 9.59 Å². The molecule has 3 aliphatic rings. The van der Waals surface area contributed by atoms with Gasteiger partial charge in [-0.05, 0) is 0 Å². The highest BCUT2D eigenvalue weighted by Crippen LogP contribution is 2.14. The summed E-state index contributed by atoms with van der Waals surface area (Å²) in [4.78, 5) is 24.6. The summed E-state index contributed by atoms with van der Waals surface area (Å²) in [5.41, 5.74) is -0.562. The fourth-order valence-corrected chi connectivity index (χ4v) is 2.19. The molecule has 8 heteroatoms. The number of epoxide rings is 3. The van der Waals surface area contributed by atoms with Crippen LogP contribution in [0.5, 0.6) is 0 Å². The van der Waals surface area contributed by atoms with Crippen LogP contribution in [0, 0.1) is 0 Å². The van der Waals surface area contributed by atoms with Crippen LogP contribution < -0.4 is 11.4 Å². The van der Waals surface area contributed by atoms with E-state index in [0.29, 0.717) is 39.5 Å². The molecule has 3 aliphatic heterocycles. The first-order valence-electron chi connectivity index (χ1n) is 6.47. The SMILES string of the molecule is O=c1n(C[C@@H]2CO2)c(=O)n(C[C@H]2CO2)n1C[C@H]1CO1. The number of nitrogens with zero attached hydrogens (tertiary/aromatic N) is 3. The van der Waals surface area contributed by atoms with E-state index in [-0.39, 0.29) is 29.7 Å². The van der Waals surface area contributed by atoms with E-state index >= 15 is 0 Å². The lowest BCUT2D eigenvalue weighted by atomic mass is 10.5. The van der Waals surface area contributed by atoms with E-state index in [0.717, 1.165) is 0 Å². The molecule has 0 spiro atoms. The van der Waals surface area contributed by atoms with Crippen molar-refractivity contribution in [2.75, 3.05) is 19.8 Å². The highest BCUT2D eigenvalue weighted by molar-refractivity contribution is 4.84. The summed E-state index contributed by atoms with van der Waals surface area (Å²) in [5, 5.41) is 0. The van der Waals surface area contributed by atoms with E-state index in [9.17, 15) is 9.59 Å². The fraction of sp³-hybridized carbons (Fsp3) is 0.818. The van der Waals surface area contributed by atoms with Crippen LogP contribution in [-0.2, 0) is 33.8 Å². The van der Waals surface area contributed by atoms with Crippen molar-refractivity contribution in [1.82, 2.24) is 13.9 Å². The quantitative estimate of drug-likeness (QED) is 0.558. The lowest BCUT2D eigenvalue weighted by Crippen LogP contribution is -2.31. The standard InChI is InChI=1S/C11H15N3O5/c15-10-12(1-7-4-17-7)11(16)14(3-9-6-19-9)13(10)2-8-5-18-8/h7-9H,1-6H2/t7-,8+,9+/m1/s1. The van der Waals surface area contributed by atoms with Crippen molar-refractivity contribution in [3.63, 3.8) is 0 Å². The summed E-state index contributed by atoms with van der Waals surface area (Å²) in [7, 11) is 0. The lowest BCUT2D eigenvalue weighted by molar-refractivity contribution is 0.314. The minimum atomic E-state index is -0.281. The fourth-order valence-electron chi connectivity index (χ4n) is 2.19. The molecule has 0 amide bonds. The van der Waals surface area contributed by atoms with Crippen LogP contribution >= 0.6 is 0 Å². The molecule has 1 aromatic heterocycles. The maximum atomic E-state index is 12.3. The first-order chi connectivity index (χ1) is 9.22. The largest absolute Gasteiger partial charge is 0.371 e. The molecular weight excluding hydrogens is 254 g/mol. The predicted octanol–water partition coefficient (Wildman–Crippen LogP) is -1.99. The maximum Gasteiger partial charge on any atom is 0.347 e. The van der Waals surface area contributed by atoms with Gasteiger partial charge >= 0.3 is 11.4 Å². The van der Waals surface area contributed by atoms with E-state index in [1.807, 2.05) is 0 Å². The summed E-state index contributed by atoms with van der Waals surface area (Å²) in [6.45, 7) is 3.11. The first-order valence-corrected chi connectivity index (χ1v) is 6.47. The van der Waals surface area contributed by atoms with Crippen LogP contribution in [0.3, 0.4) is 0 Å². The zero-order valence-corrected chi connectivity index (χ0v) is 10.4.